The minimum Gasteiger partial charge on any atom is -0.313 e. The lowest BCUT2D eigenvalue weighted by atomic mass is 9.89. The fourth-order valence-electron chi connectivity index (χ4n) is 3.29. The van der Waals surface area contributed by atoms with E-state index in [-0.39, 0.29) is 0 Å². The van der Waals surface area contributed by atoms with Crippen LogP contribution in [-0.2, 0) is 0 Å². The summed E-state index contributed by atoms with van der Waals surface area (Å²) in [6.07, 6.45) is 4.20. The molecule has 2 nitrogen and oxygen atoms in total. The average molecular weight is 268 g/mol. The second-order valence-corrected chi connectivity index (χ2v) is 7.35. The number of hydrogen-bond acceptors (Lipinski definition) is 2. The second-order valence-electron chi connectivity index (χ2n) is 7.35. The highest BCUT2D eigenvalue weighted by Crippen LogP contribution is 2.26. The minimum atomic E-state index is 0.594. The monoisotopic (exact) mass is 268 g/mol. The molecule has 0 aliphatic carbocycles. The van der Waals surface area contributed by atoms with Crippen LogP contribution in [0.25, 0.3) is 0 Å². The molecule has 2 atom stereocenters. The first-order valence-electron chi connectivity index (χ1n) is 8.39. The molecule has 2 heteroatoms. The largest absolute Gasteiger partial charge is 0.313 e. The maximum Gasteiger partial charge on any atom is 0.0243 e. The third kappa shape index (κ3) is 5.83. The fourth-order valence-corrected chi connectivity index (χ4v) is 3.29. The Morgan fingerprint density at radius 2 is 1.68 bits per heavy atom. The standard InChI is InChI=1S/C17H36N2/c1-13(2)16-8-7-10-19(11-9-16)17(14(3)4)12-18-15(5)6/h13-18H,7-12H2,1-6H3. The molecule has 0 saturated carbocycles. The molecule has 1 N–H and O–H groups in total. The summed E-state index contributed by atoms with van der Waals surface area (Å²) in [5, 5.41) is 3.64. The van der Waals surface area contributed by atoms with Crippen LogP contribution in [0.15, 0.2) is 0 Å². The van der Waals surface area contributed by atoms with Crippen LogP contribution in [0.5, 0.6) is 0 Å². The van der Waals surface area contributed by atoms with Crippen LogP contribution in [0, 0.1) is 17.8 Å². The fraction of sp³-hybridized carbons (Fsp3) is 1.00. The van der Waals surface area contributed by atoms with Crippen LogP contribution in [0.2, 0.25) is 0 Å². The summed E-state index contributed by atoms with van der Waals surface area (Å²) >= 11 is 0. The highest BCUT2D eigenvalue weighted by molar-refractivity contribution is 4.81. The third-order valence-electron chi connectivity index (χ3n) is 4.72. The third-order valence-corrected chi connectivity index (χ3v) is 4.72. The van der Waals surface area contributed by atoms with E-state index in [4.69, 9.17) is 0 Å². The Balaban J connectivity index is 2.54. The SMILES string of the molecule is CC(C)NCC(C(C)C)N1CCCC(C(C)C)CC1. The van der Waals surface area contributed by atoms with Gasteiger partial charge in [0.2, 0.25) is 0 Å². The summed E-state index contributed by atoms with van der Waals surface area (Å²) in [5.74, 6) is 2.53. The van der Waals surface area contributed by atoms with E-state index in [1.807, 2.05) is 0 Å². The van der Waals surface area contributed by atoms with E-state index >= 15 is 0 Å². The van der Waals surface area contributed by atoms with Crippen molar-refractivity contribution in [3.05, 3.63) is 0 Å². The molecule has 1 fully saturated rings. The van der Waals surface area contributed by atoms with Crippen molar-refractivity contribution >= 4 is 0 Å². The molecule has 1 rings (SSSR count). The summed E-state index contributed by atoms with van der Waals surface area (Å²) < 4.78 is 0. The van der Waals surface area contributed by atoms with Crippen molar-refractivity contribution in [1.82, 2.24) is 10.2 Å². The predicted octanol–water partition coefficient (Wildman–Crippen LogP) is 3.77. The lowest BCUT2D eigenvalue weighted by Gasteiger charge is -2.34. The molecule has 0 aromatic rings. The molecule has 0 spiro atoms. The molecule has 1 saturated heterocycles. The molecule has 0 amide bonds. The van der Waals surface area contributed by atoms with Crippen molar-refractivity contribution in [2.75, 3.05) is 19.6 Å². The van der Waals surface area contributed by atoms with Crippen LogP contribution in [-0.4, -0.2) is 36.6 Å². The molecule has 0 aromatic carbocycles. The Labute approximate surface area is 121 Å². The number of nitrogens with one attached hydrogen (secondary N) is 1. The molecule has 114 valence electrons. The maximum atomic E-state index is 3.64. The van der Waals surface area contributed by atoms with Gasteiger partial charge in [-0.2, -0.15) is 0 Å². The number of hydrogen-bond donors (Lipinski definition) is 1. The van der Waals surface area contributed by atoms with Crippen LogP contribution < -0.4 is 5.32 Å². The van der Waals surface area contributed by atoms with E-state index in [9.17, 15) is 0 Å². The second kappa shape index (κ2) is 8.26. The molecular formula is C17H36N2. The Morgan fingerprint density at radius 3 is 2.21 bits per heavy atom. The van der Waals surface area contributed by atoms with Gasteiger partial charge in [-0.3, -0.25) is 4.90 Å². The van der Waals surface area contributed by atoms with Crippen molar-refractivity contribution in [2.45, 2.75) is 72.9 Å². The normalized spacial score (nSPS) is 24.2. The predicted molar refractivity (Wildman–Crippen MR) is 85.5 cm³/mol. The summed E-state index contributed by atoms with van der Waals surface area (Å²) in [4.78, 5) is 2.75. The first-order valence-corrected chi connectivity index (χ1v) is 8.39. The quantitative estimate of drug-likeness (QED) is 0.789. The van der Waals surface area contributed by atoms with Gasteiger partial charge in [0.25, 0.3) is 0 Å². The Kier molecular flexibility index (Phi) is 7.38. The zero-order chi connectivity index (χ0) is 14.4. The van der Waals surface area contributed by atoms with E-state index in [1.54, 1.807) is 0 Å². The van der Waals surface area contributed by atoms with Gasteiger partial charge >= 0.3 is 0 Å². The van der Waals surface area contributed by atoms with Gasteiger partial charge in [0.15, 0.2) is 0 Å². The van der Waals surface area contributed by atoms with E-state index in [2.05, 4.69) is 51.8 Å². The first-order chi connectivity index (χ1) is 8.91. The zero-order valence-electron chi connectivity index (χ0n) is 14.1. The van der Waals surface area contributed by atoms with E-state index in [1.165, 1.54) is 32.4 Å². The van der Waals surface area contributed by atoms with Crippen molar-refractivity contribution in [3.63, 3.8) is 0 Å². The van der Waals surface area contributed by atoms with Crippen molar-refractivity contribution in [1.29, 1.82) is 0 Å². The van der Waals surface area contributed by atoms with Gasteiger partial charge in [0, 0.05) is 18.6 Å². The first kappa shape index (κ1) is 17.0. The summed E-state index contributed by atoms with van der Waals surface area (Å²) in [6.45, 7) is 17.7. The van der Waals surface area contributed by atoms with Crippen LogP contribution in [0.4, 0.5) is 0 Å². The highest BCUT2D eigenvalue weighted by atomic mass is 15.2. The van der Waals surface area contributed by atoms with Crippen LogP contribution in [0.1, 0.15) is 60.8 Å². The Hall–Kier alpha value is -0.0800. The van der Waals surface area contributed by atoms with Gasteiger partial charge in [0.1, 0.15) is 0 Å². The molecule has 1 heterocycles. The summed E-state index contributed by atoms with van der Waals surface area (Å²) in [6, 6.07) is 1.30. The van der Waals surface area contributed by atoms with Gasteiger partial charge in [0.05, 0.1) is 0 Å². The lowest BCUT2D eigenvalue weighted by Crippen LogP contribution is -2.47. The van der Waals surface area contributed by atoms with E-state index in [0.29, 0.717) is 12.1 Å². The van der Waals surface area contributed by atoms with Crippen molar-refractivity contribution in [3.8, 4) is 0 Å². The van der Waals surface area contributed by atoms with E-state index < -0.39 is 0 Å². The molecule has 2 unspecified atom stereocenters. The molecular weight excluding hydrogens is 232 g/mol. The summed E-state index contributed by atoms with van der Waals surface area (Å²) in [5.41, 5.74) is 0. The van der Waals surface area contributed by atoms with Gasteiger partial charge in [-0.05, 0) is 50.1 Å². The molecule has 0 aromatic heterocycles. The van der Waals surface area contributed by atoms with Crippen molar-refractivity contribution < 1.29 is 0 Å². The topological polar surface area (TPSA) is 15.3 Å². The minimum absolute atomic E-state index is 0.594. The number of likely N-dealkylation sites (tertiary alicyclic amines) is 1. The summed E-state index contributed by atoms with van der Waals surface area (Å²) in [7, 11) is 0. The smallest absolute Gasteiger partial charge is 0.0243 e. The van der Waals surface area contributed by atoms with Gasteiger partial charge in [-0.25, -0.2) is 0 Å². The van der Waals surface area contributed by atoms with Gasteiger partial charge < -0.3 is 5.32 Å². The molecule has 1 aliphatic heterocycles. The van der Waals surface area contributed by atoms with Crippen LogP contribution >= 0.6 is 0 Å². The van der Waals surface area contributed by atoms with E-state index in [0.717, 1.165) is 24.3 Å². The van der Waals surface area contributed by atoms with Gasteiger partial charge in [-0.1, -0.05) is 41.5 Å². The highest BCUT2D eigenvalue weighted by Gasteiger charge is 2.26. The molecule has 19 heavy (non-hydrogen) atoms. The molecule has 0 radical (unpaired) electrons. The van der Waals surface area contributed by atoms with Crippen LogP contribution in [0.3, 0.4) is 0 Å². The number of rotatable bonds is 6. The molecule has 1 aliphatic rings. The molecule has 0 bridgehead atoms. The van der Waals surface area contributed by atoms with Gasteiger partial charge in [-0.15, -0.1) is 0 Å². The average Bonchev–Trinajstić information content (AvgIpc) is 2.54. The van der Waals surface area contributed by atoms with Crippen molar-refractivity contribution in [2.24, 2.45) is 17.8 Å². The Morgan fingerprint density at radius 1 is 1.00 bits per heavy atom. The number of nitrogens with zero attached hydrogens (tertiary/aromatic N) is 1. The lowest BCUT2D eigenvalue weighted by molar-refractivity contribution is 0.151. The Bertz CT molecular complexity index is 235. The zero-order valence-corrected chi connectivity index (χ0v) is 14.1. The maximum absolute atomic E-state index is 3.64.